The van der Waals surface area contributed by atoms with Gasteiger partial charge in [0.1, 0.15) is 12.4 Å². The van der Waals surface area contributed by atoms with Crippen LogP contribution in [0.2, 0.25) is 0 Å². The summed E-state index contributed by atoms with van der Waals surface area (Å²) < 4.78 is 36.1. The van der Waals surface area contributed by atoms with E-state index in [1.54, 1.807) is 0 Å². The van der Waals surface area contributed by atoms with E-state index in [1.165, 1.54) is 10.6 Å². The minimum atomic E-state index is -3.16. The molecule has 0 aliphatic carbocycles. The third-order valence-corrected chi connectivity index (χ3v) is 4.97. The first kappa shape index (κ1) is 18.9. The number of para-hydroxylation sites is 1. The highest BCUT2D eigenvalue weighted by Crippen LogP contribution is 2.18. The maximum atomic E-state index is 11.6. The average molecular weight is 354 g/mol. The van der Waals surface area contributed by atoms with Crippen LogP contribution in [0.15, 0.2) is 36.4 Å². The van der Waals surface area contributed by atoms with E-state index in [9.17, 15) is 8.42 Å². The fraction of sp³-hybridized carbons (Fsp3) is 0.529. The van der Waals surface area contributed by atoms with Gasteiger partial charge in [0, 0.05) is 31.7 Å². The Hall–Kier alpha value is -1.41. The lowest BCUT2D eigenvalue weighted by molar-refractivity contribution is -0.000124. The predicted octanol–water partition coefficient (Wildman–Crippen LogP) is 1.39. The number of ether oxygens (including phenoxy) is 2. The van der Waals surface area contributed by atoms with Crippen LogP contribution in [-0.4, -0.2) is 57.9 Å². The Morgan fingerprint density at radius 2 is 2.21 bits per heavy atom. The molecule has 6 nitrogen and oxygen atoms in total. The molecule has 1 fully saturated rings. The molecule has 7 heteroatoms. The Balaban J connectivity index is 1.85. The minimum Gasteiger partial charge on any atom is -0.489 e. The molecule has 2 rings (SSSR count). The molecule has 0 spiro atoms. The number of nitrogens with one attached hydrogen (secondary N) is 1. The number of sulfonamides is 1. The van der Waals surface area contributed by atoms with Gasteiger partial charge in [0.05, 0.1) is 19.0 Å². The van der Waals surface area contributed by atoms with Gasteiger partial charge in [0.2, 0.25) is 10.0 Å². The van der Waals surface area contributed by atoms with E-state index >= 15 is 0 Å². The van der Waals surface area contributed by atoms with Gasteiger partial charge >= 0.3 is 0 Å². The normalized spacial score (nSPS) is 19.2. The van der Waals surface area contributed by atoms with E-state index in [1.807, 2.05) is 31.2 Å². The van der Waals surface area contributed by atoms with Gasteiger partial charge in [-0.3, -0.25) is 0 Å². The number of nitrogens with zero attached hydrogens (tertiary/aromatic N) is 1. The molecule has 1 N–H and O–H groups in total. The third-order valence-electron chi connectivity index (χ3n) is 3.70. The molecule has 0 saturated carbocycles. The smallest absolute Gasteiger partial charge is 0.211 e. The maximum absolute atomic E-state index is 11.6. The minimum absolute atomic E-state index is 0.142. The number of morpholine rings is 1. The standard InChI is InChI=1S/C17H26N2O4S/c1-14(2)13-23-17-7-5-4-6-15(17)10-18-11-16-12-19(8-9-22-16)24(3,20)21/h4-7,16,18H,1,8-13H2,2-3H3/t16-/m0/s1. The summed E-state index contributed by atoms with van der Waals surface area (Å²) in [5.74, 6) is 0.829. The summed E-state index contributed by atoms with van der Waals surface area (Å²) >= 11 is 0. The molecule has 0 amide bonds. The Morgan fingerprint density at radius 1 is 1.46 bits per heavy atom. The van der Waals surface area contributed by atoms with Crippen LogP contribution in [-0.2, 0) is 21.3 Å². The molecule has 0 unspecified atom stereocenters. The summed E-state index contributed by atoms with van der Waals surface area (Å²) in [7, 11) is -3.16. The highest BCUT2D eigenvalue weighted by Gasteiger charge is 2.26. The quantitative estimate of drug-likeness (QED) is 0.715. The Kier molecular flexibility index (Phi) is 6.79. The predicted molar refractivity (Wildman–Crippen MR) is 94.6 cm³/mol. The molecule has 0 bridgehead atoms. The van der Waals surface area contributed by atoms with E-state index in [4.69, 9.17) is 9.47 Å². The van der Waals surface area contributed by atoms with Gasteiger partial charge in [-0.25, -0.2) is 8.42 Å². The molecule has 1 saturated heterocycles. The lowest BCUT2D eigenvalue weighted by Crippen LogP contribution is -2.48. The zero-order chi connectivity index (χ0) is 17.6. The SMILES string of the molecule is C=C(C)COc1ccccc1CNC[C@H]1CN(S(C)(=O)=O)CCO1. The summed E-state index contributed by atoms with van der Waals surface area (Å²) in [5, 5.41) is 3.32. The van der Waals surface area contributed by atoms with Crippen LogP contribution in [0.1, 0.15) is 12.5 Å². The van der Waals surface area contributed by atoms with Gasteiger partial charge < -0.3 is 14.8 Å². The van der Waals surface area contributed by atoms with Crippen molar-refractivity contribution in [1.82, 2.24) is 9.62 Å². The largest absolute Gasteiger partial charge is 0.489 e. The zero-order valence-electron chi connectivity index (χ0n) is 14.3. The van der Waals surface area contributed by atoms with Crippen LogP contribution < -0.4 is 10.1 Å². The van der Waals surface area contributed by atoms with Crippen molar-refractivity contribution in [2.45, 2.75) is 19.6 Å². The molecule has 1 heterocycles. The first-order chi connectivity index (χ1) is 11.4. The van der Waals surface area contributed by atoms with E-state index in [0.717, 1.165) is 16.9 Å². The molecule has 1 aromatic carbocycles. The van der Waals surface area contributed by atoms with E-state index in [0.29, 0.717) is 39.4 Å². The third kappa shape index (κ3) is 5.90. The molecule has 1 aliphatic heterocycles. The second kappa shape index (κ2) is 8.62. The van der Waals surface area contributed by atoms with E-state index in [-0.39, 0.29) is 6.10 Å². The Bertz CT molecular complexity index is 660. The molecular weight excluding hydrogens is 328 g/mol. The Morgan fingerprint density at radius 3 is 2.92 bits per heavy atom. The highest BCUT2D eigenvalue weighted by molar-refractivity contribution is 7.88. The van der Waals surface area contributed by atoms with Gasteiger partial charge in [-0.2, -0.15) is 4.31 Å². The van der Waals surface area contributed by atoms with E-state index in [2.05, 4.69) is 11.9 Å². The van der Waals surface area contributed by atoms with Crippen molar-refractivity contribution in [2.24, 2.45) is 0 Å². The molecular formula is C17H26N2O4S. The second-order valence-electron chi connectivity index (χ2n) is 6.10. The summed E-state index contributed by atoms with van der Waals surface area (Å²) in [6.07, 6.45) is 1.09. The molecule has 134 valence electrons. The van der Waals surface area contributed by atoms with Crippen molar-refractivity contribution >= 4 is 10.0 Å². The van der Waals surface area contributed by atoms with Gasteiger partial charge in [0.15, 0.2) is 0 Å². The van der Waals surface area contributed by atoms with Crippen LogP contribution in [0.4, 0.5) is 0 Å². The maximum Gasteiger partial charge on any atom is 0.211 e. The lowest BCUT2D eigenvalue weighted by atomic mass is 10.2. The number of benzene rings is 1. The number of rotatable bonds is 8. The fourth-order valence-corrected chi connectivity index (χ4v) is 3.32. The van der Waals surface area contributed by atoms with Crippen LogP contribution in [0.5, 0.6) is 5.75 Å². The summed E-state index contributed by atoms with van der Waals surface area (Å²) in [6.45, 7) is 8.71. The summed E-state index contributed by atoms with van der Waals surface area (Å²) in [4.78, 5) is 0. The van der Waals surface area contributed by atoms with Gasteiger partial charge in [-0.15, -0.1) is 0 Å². The lowest BCUT2D eigenvalue weighted by Gasteiger charge is -2.31. The van der Waals surface area contributed by atoms with E-state index < -0.39 is 10.0 Å². The zero-order valence-corrected chi connectivity index (χ0v) is 15.1. The van der Waals surface area contributed by atoms with Crippen LogP contribution in [0.3, 0.4) is 0 Å². The molecule has 24 heavy (non-hydrogen) atoms. The Labute approximate surface area is 144 Å². The summed E-state index contributed by atoms with van der Waals surface area (Å²) in [6, 6.07) is 7.84. The highest BCUT2D eigenvalue weighted by atomic mass is 32.2. The van der Waals surface area contributed by atoms with Crippen LogP contribution >= 0.6 is 0 Å². The first-order valence-corrected chi connectivity index (χ1v) is 9.83. The number of hydrogen-bond donors (Lipinski definition) is 1. The van der Waals surface area contributed by atoms with Gasteiger partial charge in [0.25, 0.3) is 0 Å². The molecule has 1 aliphatic rings. The monoisotopic (exact) mass is 354 g/mol. The average Bonchev–Trinajstić information content (AvgIpc) is 2.53. The molecule has 1 atom stereocenters. The molecule has 0 aromatic heterocycles. The van der Waals surface area contributed by atoms with Gasteiger partial charge in [-0.1, -0.05) is 24.8 Å². The molecule has 0 radical (unpaired) electrons. The number of hydrogen-bond acceptors (Lipinski definition) is 5. The van der Waals surface area contributed by atoms with Crippen molar-refractivity contribution in [3.05, 3.63) is 42.0 Å². The van der Waals surface area contributed by atoms with Crippen molar-refractivity contribution in [3.8, 4) is 5.75 Å². The second-order valence-corrected chi connectivity index (χ2v) is 8.08. The van der Waals surface area contributed by atoms with Crippen molar-refractivity contribution in [3.63, 3.8) is 0 Å². The van der Waals surface area contributed by atoms with Crippen molar-refractivity contribution in [2.75, 3.05) is 39.1 Å². The van der Waals surface area contributed by atoms with Crippen molar-refractivity contribution < 1.29 is 17.9 Å². The topological polar surface area (TPSA) is 67.9 Å². The fourth-order valence-electron chi connectivity index (χ4n) is 2.48. The van der Waals surface area contributed by atoms with Crippen LogP contribution in [0.25, 0.3) is 0 Å². The van der Waals surface area contributed by atoms with Crippen molar-refractivity contribution in [1.29, 1.82) is 0 Å². The molecule has 1 aromatic rings. The first-order valence-electron chi connectivity index (χ1n) is 7.99. The van der Waals surface area contributed by atoms with Crippen LogP contribution in [0, 0.1) is 0 Å². The van der Waals surface area contributed by atoms with Gasteiger partial charge in [-0.05, 0) is 18.6 Å². The summed E-state index contributed by atoms with van der Waals surface area (Å²) in [5.41, 5.74) is 2.02.